The summed E-state index contributed by atoms with van der Waals surface area (Å²) in [6.07, 6.45) is 4.13. The highest BCUT2D eigenvalue weighted by Crippen LogP contribution is 2.22. The minimum absolute atomic E-state index is 0.177. The first kappa shape index (κ1) is 18.0. The molecule has 0 aliphatic carbocycles. The van der Waals surface area contributed by atoms with E-state index in [1.807, 2.05) is 30.5 Å². The third-order valence-corrected chi connectivity index (χ3v) is 4.06. The molecule has 1 aromatic heterocycles. The van der Waals surface area contributed by atoms with Gasteiger partial charge in [-0.15, -0.1) is 0 Å². The number of carboxylic acids is 1. The summed E-state index contributed by atoms with van der Waals surface area (Å²) in [5.74, 6) is -1.21. The van der Waals surface area contributed by atoms with E-state index in [2.05, 4.69) is 31.1 Å². The van der Waals surface area contributed by atoms with Crippen molar-refractivity contribution in [2.75, 3.05) is 0 Å². The Morgan fingerprint density at radius 2 is 1.96 bits per heavy atom. The van der Waals surface area contributed by atoms with Crippen LogP contribution in [0.2, 0.25) is 0 Å². The third-order valence-electron chi connectivity index (χ3n) is 4.06. The maximum Gasteiger partial charge on any atom is 0.326 e. The number of hydrogen-bond acceptors (Lipinski definition) is 2. The number of carboxylic acid groups (broad SMARTS) is 1. The van der Waals surface area contributed by atoms with Gasteiger partial charge in [0.15, 0.2) is 0 Å². The highest BCUT2D eigenvalue weighted by Gasteiger charge is 2.22. The van der Waals surface area contributed by atoms with Gasteiger partial charge in [-0.3, -0.25) is 4.79 Å². The lowest BCUT2D eigenvalue weighted by atomic mass is 9.90. The summed E-state index contributed by atoms with van der Waals surface area (Å²) in [5, 5.41) is 13.1. The molecular formula is C19H26N2O3. The van der Waals surface area contributed by atoms with Crippen LogP contribution in [0.1, 0.15) is 45.6 Å². The van der Waals surface area contributed by atoms with E-state index in [1.54, 1.807) is 0 Å². The second-order valence-electron chi connectivity index (χ2n) is 7.44. The number of carbonyl (C=O) groups excluding carboxylic acids is 1. The SMILES string of the molecule is CC(C)(C)CCCC(=O)NC(Cc1c[nH]c2ccccc12)C(=O)O. The van der Waals surface area contributed by atoms with E-state index in [4.69, 9.17) is 0 Å². The maximum atomic E-state index is 12.1. The Balaban J connectivity index is 1.97. The average molecular weight is 330 g/mol. The molecule has 0 spiro atoms. The van der Waals surface area contributed by atoms with Crippen molar-refractivity contribution in [1.82, 2.24) is 10.3 Å². The number of aromatic nitrogens is 1. The van der Waals surface area contributed by atoms with Gasteiger partial charge in [-0.2, -0.15) is 0 Å². The van der Waals surface area contributed by atoms with Crippen LogP contribution in [0.5, 0.6) is 0 Å². The number of nitrogens with one attached hydrogen (secondary N) is 2. The summed E-state index contributed by atoms with van der Waals surface area (Å²) in [6.45, 7) is 6.38. The molecule has 0 radical (unpaired) electrons. The van der Waals surface area contributed by atoms with Crippen LogP contribution < -0.4 is 5.32 Å². The Hall–Kier alpha value is -2.30. The minimum atomic E-state index is -1.01. The number of benzene rings is 1. The molecule has 5 nitrogen and oxygen atoms in total. The summed E-state index contributed by atoms with van der Waals surface area (Å²) in [7, 11) is 0. The highest BCUT2D eigenvalue weighted by molar-refractivity contribution is 5.86. The largest absolute Gasteiger partial charge is 0.480 e. The third kappa shape index (κ3) is 5.11. The minimum Gasteiger partial charge on any atom is -0.480 e. The molecule has 0 bridgehead atoms. The van der Waals surface area contributed by atoms with Crippen molar-refractivity contribution >= 4 is 22.8 Å². The first-order valence-electron chi connectivity index (χ1n) is 8.33. The van der Waals surface area contributed by atoms with Crippen LogP contribution in [0, 0.1) is 5.41 Å². The van der Waals surface area contributed by atoms with Gasteiger partial charge < -0.3 is 15.4 Å². The molecule has 2 aromatic rings. The van der Waals surface area contributed by atoms with E-state index < -0.39 is 12.0 Å². The summed E-state index contributed by atoms with van der Waals surface area (Å²) in [4.78, 5) is 26.7. The number of aromatic amines is 1. The predicted molar refractivity (Wildman–Crippen MR) is 94.9 cm³/mol. The second kappa shape index (κ2) is 7.51. The van der Waals surface area contributed by atoms with Gasteiger partial charge in [-0.1, -0.05) is 39.0 Å². The Bertz CT molecular complexity index is 713. The predicted octanol–water partition coefficient (Wildman–Crippen LogP) is 3.50. The van der Waals surface area contributed by atoms with Crippen LogP contribution in [0.15, 0.2) is 30.5 Å². The Kier molecular flexibility index (Phi) is 5.65. The summed E-state index contributed by atoms with van der Waals surface area (Å²) in [5.41, 5.74) is 2.04. The van der Waals surface area contributed by atoms with E-state index in [0.717, 1.165) is 29.3 Å². The smallest absolute Gasteiger partial charge is 0.326 e. The normalized spacial score (nSPS) is 13.0. The fraction of sp³-hybridized carbons (Fsp3) is 0.474. The van der Waals surface area contributed by atoms with E-state index in [9.17, 15) is 14.7 Å². The molecule has 2 rings (SSSR count). The molecule has 0 aliphatic rings. The number of H-pyrrole nitrogens is 1. The van der Waals surface area contributed by atoms with E-state index in [0.29, 0.717) is 6.42 Å². The average Bonchev–Trinajstić information content (AvgIpc) is 2.88. The van der Waals surface area contributed by atoms with Crippen molar-refractivity contribution in [2.24, 2.45) is 5.41 Å². The van der Waals surface area contributed by atoms with Crippen molar-refractivity contribution in [3.8, 4) is 0 Å². The van der Waals surface area contributed by atoms with Gasteiger partial charge in [0.05, 0.1) is 0 Å². The number of para-hydroxylation sites is 1. The van der Waals surface area contributed by atoms with Gasteiger partial charge in [0.2, 0.25) is 5.91 Å². The Morgan fingerprint density at radius 3 is 2.62 bits per heavy atom. The molecule has 1 aromatic carbocycles. The Labute approximate surface area is 142 Å². The lowest BCUT2D eigenvalue weighted by Crippen LogP contribution is -2.42. The van der Waals surface area contributed by atoms with Crippen molar-refractivity contribution in [3.05, 3.63) is 36.0 Å². The van der Waals surface area contributed by atoms with Crippen molar-refractivity contribution in [2.45, 2.75) is 52.5 Å². The zero-order valence-electron chi connectivity index (χ0n) is 14.6. The van der Waals surface area contributed by atoms with Crippen LogP contribution in [0.4, 0.5) is 0 Å². The van der Waals surface area contributed by atoms with Crippen molar-refractivity contribution < 1.29 is 14.7 Å². The molecule has 1 unspecified atom stereocenters. The van der Waals surface area contributed by atoms with Crippen LogP contribution in [0.25, 0.3) is 10.9 Å². The molecule has 1 amide bonds. The van der Waals surface area contributed by atoms with Gasteiger partial charge in [0.25, 0.3) is 0 Å². The number of hydrogen-bond donors (Lipinski definition) is 3. The van der Waals surface area contributed by atoms with E-state index >= 15 is 0 Å². The summed E-state index contributed by atoms with van der Waals surface area (Å²) >= 11 is 0. The summed E-state index contributed by atoms with van der Waals surface area (Å²) < 4.78 is 0. The number of carbonyl (C=O) groups is 2. The van der Waals surface area contributed by atoms with Crippen LogP contribution in [-0.4, -0.2) is 28.0 Å². The first-order chi connectivity index (χ1) is 11.3. The molecule has 5 heteroatoms. The molecule has 0 saturated heterocycles. The number of fused-ring (bicyclic) bond motifs is 1. The lowest BCUT2D eigenvalue weighted by Gasteiger charge is -2.18. The van der Waals surface area contributed by atoms with Gasteiger partial charge >= 0.3 is 5.97 Å². The second-order valence-corrected chi connectivity index (χ2v) is 7.44. The molecule has 1 heterocycles. The standard InChI is InChI=1S/C19H26N2O3/c1-19(2,3)10-6-9-17(22)21-16(18(23)24)11-13-12-20-15-8-5-4-7-14(13)15/h4-5,7-8,12,16,20H,6,9-11H2,1-3H3,(H,21,22)(H,23,24). The number of amides is 1. The molecular weight excluding hydrogens is 304 g/mol. The van der Waals surface area contributed by atoms with Gasteiger partial charge in [-0.25, -0.2) is 4.79 Å². The highest BCUT2D eigenvalue weighted by atomic mass is 16.4. The molecule has 3 N–H and O–H groups in total. The van der Waals surface area contributed by atoms with Crippen LogP contribution in [0.3, 0.4) is 0 Å². The molecule has 1 atom stereocenters. The molecule has 24 heavy (non-hydrogen) atoms. The zero-order valence-corrected chi connectivity index (χ0v) is 14.6. The lowest BCUT2D eigenvalue weighted by molar-refractivity contribution is -0.141. The molecule has 0 saturated carbocycles. The number of aliphatic carboxylic acids is 1. The zero-order chi connectivity index (χ0) is 17.7. The van der Waals surface area contributed by atoms with Crippen molar-refractivity contribution in [1.29, 1.82) is 0 Å². The first-order valence-corrected chi connectivity index (χ1v) is 8.33. The van der Waals surface area contributed by atoms with Gasteiger partial charge in [0.1, 0.15) is 6.04 Å². The van der Waals surface area contributed by atoms with Gasteiger partial charge in [-0.05, 0) is 29.9 Å². The quantitative estimate of drug-likeness (QED) is 0.726. The van der Waals surface area contributed by atoms with E-state index in [1.165, 1.54) is 0 Å². The van der Waals surface area contributed by atoms with Crippen LogP contribution >= 0.6 is 0 Å². The summed E-state index contributed by atoms with van der Waals surface area (Å²) in [6, 6.07) is 6.83. The Morgan fingerprint density at radius 1 is 1.25 bits per heavy atom. The fourth-order valence-electron chi connectivity index (χ4n) is 2.77. The molecule has 0 fully saturated rings. The van der Waals surface area contributed by atoms with Crippen molar-refractivity contribution in [3.63, 3.8) is 0 Å². The fourth-order valence-corrected chi connectivity index (χ4v) is 2.77. The maximum absolute atomic E-state index is 12.1. The molecule has 130 valence electrons. The monoisotopic (exact) mass is 330 g/mol. The van der Waals surface area contributed by atoms with Crippen LogP contribution in [-0.2, 0) is 16.0 Å². The molecule has 0 aliphatic heterocycles. The number of rotatable bonds is 7. The van der Waals surface area contributed by atoms with Gasteiger partial charge in [0, 0.05) is 29.9 Å². The topological polar surface area (TPSA) is 82.2 Å². The van der Waals surface area contributed by atoms with E-state index in [-0.39, 0.29) is 17.7 Å².